The van der Waals surface area contributed by atoms with Crippen LogP contribution >= 0.6 is 0 Å². The summed E-state index contributed by atoms with van der Waals surface area (Å²) in [6.07, 6.45) is 2.70. The number of fused-ring (bicyclic) bond motifs is 3. The van der Waals surface area contributed by atoms with Crippen molar-refractivity contribution < 1.29 is 10.2 Å². The minimum absolute atomic E-state index is 0.501. The summed E-state index contributed by atoms with van der Waals surface area (Å²) < 4.78 is 0. The highest BCUT2D eigenvalue weighted by Gasteiger charge is 2.34. The molecule has 0 aromatic heterocycles. The van der Waals surface area contributed by atoms with Crippen LogP contribution in [0.5, 0.6) is 0 Å². The van der Waals surface area contributed by atoms with Crippen LogP contribution in [0.15, 0.2) is 48.5 Å². The molecule has 1 saturated heterocycles. The predicted molar refractivity (Wildman–Crippen MR) is 89.9 cm³/mol. The van der Waals surface area contributed by atoms with Gasteiger partial charge in [0.05, 0.1) is 25.7 Å². The van der Waals surface area contributed by atoms with Gasteiger partial charge in [0.2, 0.25) is 0 Å². The highest BCUT2D eigenvalue weighted by Crippen LogP contribution is 2.41. The summed E-state index contributed by atoms with van der Waals surface area (Å²) in [4.78, 5) is 1.77. The van der Waals surface area contributed by atoms with E-state index in [-0.39, 0.29) is 0 Å². The van der Waals surface area contributed by atoms with Crippen molar-refractivity contribution in [2.75, 3.05) is 19.6 Å². The Kier molecular flexibility index (Phi) is 3.73. The maximum Gasteiger partial charge on any atom is 0.139 e. The van der Waals surface area contributed by atoms with Gasteiger partial charge in [-0.05, 0) is 18.1 Å². The lowest BCUT2D eigenvalue weighted by atomic mass is 9.99. The number of benzene rings is 2. The van der Waals surface area contributed by atoms with Gasteiger partial charge >= 0.3 is 0 Å². The SMILES string of the molecule is CC[NH+]1CCC([NH2+]C2c3ccccc3-c3ccccc32)CC1. The van der Waals surface area contributed by atoms with Gasteiger partial charge in [0.25, 0.3) is 0 Å². The quantitative estimate of drug-likeness (QED) is 0.854. The zero-order chi connectivity index (χ0) is 14.9. The van der Waals surface area contributed by atoms with Gasteiger partial charge in [-0.15, -0.1) is 0 Å². The van der Waals surface area contributed by atoms with Crippen LogP contribution < -0.4 is 10.2 Å². The minimum Gasteiger partial charge on any atom is -0.335 e. The Labute approximate surface area is 133 Å². The number of hydrogen-bond acceptors (Lipinski definition) is 0. The number of nitrogens with one attached hydrogen (secondary N) is 1. The first-order valence-electron chi connectivity index (χ1n) is 8.73. The molecule has 0 amide bonds. The lowest BCUT2D eigenvalue weighted by Crippen LogP contribution is -3.14. The Balaban J connectivity index is 1.59. The van der Waals surface area contributed by atoms with Gasteiger partial charge in [0.1, 0.15) is 6.04 Å². The van der Waals surface area contributed by atoms with Gasteiger partial charge in [-0.2, -0.15) is 0 Å². The lowest BCUT2D eigenvalue weighted by Gasteiger charge is -2.29. The summed E-state index contributed by atoms with van der Waals surface area (Å²) in [5.41, 5.74) is 5.90. The molecule has 0 spiro atoms. The molecule has 0 bridgehead atoms. The van der Waals surface area contributed by atoms with Crippen LogP contribution in [0.1, 0.15) is 36.9 Å². The van der Waals surface area contributed by atoms with Crippen LogP contribution in [0.4, 0.5) is 0 Å². The molecular weight excluding hydrogens is 268 g/mol. The van der Waals surface area contributed by atoms with Crippen molar-refractivity contribution in [3.63, 3.8) is 0 Å². The minimum atomic E-state index is 0.501. The van der Waals surface area contributed by atoms with E-state index < -0.39 is 0 Å². The number of rotatable bonds is 3. The molecule has 0 saturated carbocycles. The van der Waals surface area contributed by atoms with E-state index in [9.17, 15) is 0 Å². The summed E-state index contributed by atoms with van der Waals surface area (Å²) in [5, 5.41) is 2.65. The molecule has 2 aromatic rings. The number of quaternary nitrogens is 2. The molecule has 2 nitrogen and oxygen atoms in total. The zero-order valence-electron chi connectivity index (χ0n) is 13.4. The molecule has 4 rings (SSSR count). The van der Waals surface area contributed by atoms with Crippen LogP contribution in [0.2, 0.25) is 0 Å². The molecule has 3 N–H and O–H groups in total. The van der Waals surface area contributed by atoms with Crippen molar-refractivity contribution in [3.8, 4) is 11.1 Å². The monoisotopic (exact) mass is 294 g/mol. The van der Waals surface area contributed by atoms with E-state index in [1.807, 2.05) is 0 Å². The first kappa shape index (κ1) is 14.0. The summed E-state index contributed by atoms with van der Waals surface area (Å²) in [6, 6.07) is 19.2. The molecule has 2 aliphatic rings. The van der Waals surface area contributed by atoms with Gasteiger partial charge in [0, 0.05) is 24.0 Å². The maximum absolute atomic E-state index is 2.65. The third-order valence-corrected chi connectivity index (χ3v) is 5.58. The third-order valence-electron chi connectivity index (χ3n) is 5.58. The normalized spacial score (nSPS) is 24.0. The van der Waals surface area contributed by atoms with Crippen molar-refractivity contribution in [3.05, 3.63) is 59.7 Å². The standard InChI is InChI=1S/C20H24N2/c1-2-22-13-11-15(12-14-22)21-20-18-9-5-3-7-16(18)17-8-4-6-10-19(17)20/h3-10,15,20-21H,2,11-14H2,1H3/p+2. The van der Waals surface area contributed by atoms with Crippen LogP contribution in [-0.4, -0.2) is 25.7 Å². The third kappa shape index (κ3) is 2.37. The average molecular weight is 294 g/mol. The summed E-state index contributed by atoms with van der Waals surface area (Å²) in [6.45, 7) is 6.27. The Morgan fingerprint density at radius 2 is 1.45 bits per heavy atom. The topological polar surface area (TPSA) is 21.1 Å². The zero-order valence-corrected chi connectivity index (χ0v) is 13.4. The highest BCUT2D eigenvalue weighted by molar-refractivity contribution is 5.77. The van der Waals surface area contributed by atoms with Crippen molar-refractivity contribution in [1.82, 2.24) is 0 Å². The largest absolute Gasteiger partial charge is 0.335 e. The molecule has 22 heavy (non-hydrogen) atoms. The van der Waals surface area contributed by atoms with Gasteiger partial charge in [0.15, 0.2) is 0 Å². The molecule has 1 fully saturated rings. The summed E-state index contributed by atoms with van der Waals surface area (Å²) in [5.74, 6) is 0. The molecule has 0 radical (unpaired) electrons. The molecule has 1 aliphatic carbocycles. The Morgan fingerprint density at radius 1 is 0.909 bits per heavy atom. The Morgan fingerprint density at radius 3 is 2.00 bits per heavy atom. The second-order valence-electron chi connectivity index (χ2n) is 6.79. The van der Waals surface area contributed by atoms with Crippen LogP contribution in [0.3, 0.4) is 0 Å². The fraction of sp³-hybridized carbons (Fsp3) is 0.400. The van der Waals surface area contributed by atoms with Gasteiger partial charge in [-0.3, -0.25) is 0 Å². The van der Waals surface area contributed by atoms with Gasteiger partial charge in [-0.1, -0.05) is 48.5 Å². The highest BCUT2D eigenvalue weighted by atomic mass is 15.1. The molecule has 1 heterocycles. The smallest absolute Gasteiger partial charge is 0.139 e. The van der Waals surface area contributed by atoms with Crippen molar-refractivity contribution in [2.45, 2.75) is 31.8 Å². The van der Waals surface area contributed by atoms with Gasteiger partial charge in [-0.25, -0.2) is 0 Å². The molecule has 2 aromatic carbocycles. The van der Waals surface area contributed by atoms with Gasteiger partial charge < -0.3 is 10.2 Å². The van der Waals surface area contributed by atoms with Crippen molar-refractivity contribution >= 4 is 0 Å². The summed E-state index contributed by atoms with van der Waals surface area (Å²) >= 11 is 0. The fourth-order valence-electron chi connectivity index (χ4n) is 4.27. The predicted octanol–water partition coefficient (Wildman–Crippen LogP) is 1.39. The molecular formula is C20H26N2+2. The van der Waals surface area contributed by atoms with E-state index in [0.717, 1.165) is 6.04 Å². The van der Waals surface area contributed by atoms with E-state index in [0.29, 0.717) is 6.04 Å². The second kappa shape index (κ2) is 5.86. The maximum atomic E-state index is 2.65. The first-order chi connectivity index (χ1) is 10.9. The second-order valence-corrected chi connectivity index (χ2v) is 6.79. The molecule has 114 valence electrons. The number of likely N-dealkylation sites (tertiary alicyclic amines) is 1. The number of hydrogen-bond donors (Lipinski definition) is 2. The molecule has 1 aliphatic heterocycles. The van der Waals surface area contributed by atoms with E-state index in [2.05, 4.69) is 60.8 Å². The van der Waals surface area contributed by atoms with Crippen LogP contribution in [-0.2, 0) is 0 Å². The number of piperidine rings is 1. The van der Waals surface area contributed by atoms with Crippen LogP contribution in [0, 0.1) is 0 Å². The van der Waals surface area contributed by atoms with E-state index in [4.69, 9.17) is 0 Å². The van der Waals surface area contributed by atoms with Crippen molar-refractivity contribution in [1.29, 1.82) is 0 Å². The van der Waals surface area contributed by atoms with Crippen molar-refractivity contribution in [2.24, 2.45) is 0 Å². The Bertz CT molecular complexity index is 611. The lowest BCUT2D eigenvalue weighted by molar-refractivity contribution is -0.912. The Hall–Kier alpha value is -1.64. The van der Waals surface area contributed by atoms with E-state index in [1.54, 1.807) is 4.90 Å². The van der Waals surface area contributed by atoms with Crippen LogP contribution in [0.25, 0.3) is 11.1 Å². The molecule has 0 atom stereocenters. The van der Waals surface area contributed by atoms with E-state index in [1.165, 1.54) is 54.7 Å². The first-order valence-corrected chi connectivity index (χ1v) is 8.73. The average Bonchev–Trinajstić information content (AvgIpc) is 2.90. The summed E-state index contributed by atoms with van der Waals surface area (Å²) in [7, 11) is 0. The fourth-order valence-corrected chi connectivity index (χ4v) is 4.27. The van der Waals surface area contributed by atoms with E-state index >= 15 is 0 Å². The molecule has 2 heteroatoms. The number of nitrogens with two attached hydrogens (primary N) is 1. The molecule has 0 unspecified atom stereocenters.